The van der Waals surface area contributed by atoms with Crippen molar-refractivity contribution >= 4 is 53.3 Å². The van der Waals surface area contributed by atoms with E-state index in [1.54, 1.807) is 30.8 Å². The van der Waals surface area contributed by atoms with E-state index in [1.807, 2.05) is 47.0 Å². The number of aromatic nitrogens is 3. The second-order valence-corrected chi connectivity index (χ2v) is 7.61. The third-order valence-electron chi connectivity index (χ3n) is 4.08. The molecule has 0 saturated carbocycles. The van der Waals surface area contributed by atoms with Crippen molar-refractivity contribution in [3.63, 3.8) is 0 Å². The first-order valence-corrected chi connectivity index (χ1v) is 10.3. The molecule has 2 aromatic heterocycles. The number of carbonyl (C=O) groups is 1. The van der Waals surface area contributed by atoms with E-state index in [4.69, 9.17) is 0 Å². The second kappa shape index (κ2) is 12.4. The molecule has 0 aliphatic heterocycles. The van der Waals surface area contributed by atoms with E-state index in [0.717, 1.165) is 17.2 Å². The van der Waals surface area contributed by atoms with Gasteiger partial charge >= 0.3 is 0 Å². The lowest BCUT2D eigenvalue weighted by Gasteiger charge is -2.14. The van der Waals surface area contributed by atoms with Crippen LogP contribution in [0.5, 0.6) is 0 Å². The predicted molar refractivity (Wildman–Crippen MR) is 131 cm³/mol. The van der Waals surface area contributed by atoms with Gasteiger partial charge in [0.2, 0.25) is 5.91 Å². The predicted octanol–water partition coefficient (Wildman–Crippen LogP) is 2.26. The molecule has 10 heteroatoms. The van der Waals surface area contributed by atoms with Crippen LogP contribution in [0.3, 0.4) is 0 Å². The van der Waals surface area contributed by atoms with Gasteiger partial charge in [0.25, 0.3) is 0 Å². The summed E-state index contributed by atoms with van der Waals surface area (Å²) in [5.41, 5.74) is 0.780. The fourth-order valence-electron chi connectivity index (χ4n) is 2.50. The first-order chi connectivity index (χ1) is 14.1. The number of guanidine groups is 1. The lowest BCUT2D eigenvalue weighted by molar-refractivity contribution is -0.127. The number of amides is 1. The molecular weight excluding hydrogens is 513 g/mol. The number of rotatable bonds is 8. The van der Waals surface area contributed by atoms with Crippen molar-refractivity contribution in [2.75, 3.05) is 32.9 Å². The Hall–Kier alpha value is -2.34. The van der Waals surface area contributed by atoms with Crippen molar-refractivity contribution in [1.29, 1.82) is 0 Å². The summed E-state index contributed by atoms with van der Waals surface area (Å²) in [5, 5.41) is 14.7. The SMILES string of the molecule is CN(C)C(=O)CNC(=NCc1nnc2ccccn12)NCCSc1ccccc1.I. The Balaban J connectivity index is 0.00000320. The Labute approximate surface area is 197 Å². The van der Waals surface area contributed by atoms with Crippen LogP contribution in [0.15, 0.2) is 64.6 Å². The first-order valence-electron chi connectivity index (χ1n) is 9.32. The molecule has 8 nitrogen and oxygen atoms in total. The molecule has 3 rings (SSSR count). The van der Waals surface area contributed by atoms with Crippen LogP contribution in [0.25, 0.3) is 5.65 Å². The van der Waals surface area contributed by atoms with Crippen molar-refractivity contribution in [1.82, 2.24) is 30.1 Å². The topological polar surface area (TPSA) is 86.9 Å². The van der Waals surface area contributed by atoms with E-state index in [2.05, 4.69) is 38.0 Å². The number of fused-ring (bicyclic) bond motifs is 1. The van der Waals surface area contributed by atoms with Gasteiger partial charge in [0.15, 0.2) is 17.4 Å². The Morgan fingerprint density at radius 1 is 1.10 bits per heavy atom. The third-order valence-corrected chi connectivity index (χ3v) is 5.09. The van der Waals surface area contributed by atoms with Gasteiger partial charge in [0, 0.05) is 37.5 Å². The smallest absolute Gasteiger partial charge is 0.241 e. The molecule has 2 N–H and O–H groups in total. The van der Waals surface area contributed by atoms with Gasteiger partial charge < -0.3 is 15.5 Å². The maximum absolute atomic E-state index is 11.9. The highest BCUT2D eigenvalue weighted by Crippen LogP contribution is 2.15. The standard InChI is InChI=1S/C20H25N7OS.HI/c1-26(2)19(28)15-23-20(21-11-13-29-16-8-4-3-5-9-16)22-14-18-25-24-17-10-6-7-12-27(17)18;/h3-10,12H,11,13-15H2,1-2H3,(H2,21,22,23);1H. The zero-order valence-electron chi connectivity index (χ0n) is 17.0. The number of benzene rings is 1. The van der Waals surface area contributed by atoms with Gasteiger partial charge in [-0.15, -0.1) is 45.9 Å². The molecule has 0 aliphatic carbocycles. The lowest BCUT2D eigenvalue weighted by atomic mass is 10.4. The minimum absolute atomic E-state index is 0. The second-order valence-electron chi connectivity index (χ2n) is 6.44. The average Bonchev–Trinajstić information content (AvgIpc) is 3.16. The Morgan fingerprint density at radius 3 is 2.63 bits per heavy atom. The van der Waals surface area contributed by atoms with Crippen LogP contribution in [-0.4, -0.2) is 64.3 Å². The summed E-state index contributed by atoms with van der Waals surface area (Å²) in [6.45, 7) is 1.23. The highest BCUT2D eigenvalue weighted by atomic mass is 127. The number of nitrogens with zero attached hydrogens (tertiary/aromatic N) is 5. The summed E-state index contributed by atoms with van der Waals surface area (Å²) in [4.78, 5) is 19.3. The number of thioether (sulfide) groups is 1. The number of hydrogen-bond donors (Lipinski definition) is 2. The van der Waals surface area contributed by atoms with E-state index < -0.39 is 0 Å². The van der Waals surface area contributed by atoms with Crippen molar-refractivity contribution in [2.24, 2.45) is 4.99 Å². The normalized spacial score (nSPS) is 11.1. The van der Waals surface area contributed by atoms with E-state index in [9.17, 15) is 4.79 Å². The highest BCUT2D eigenvalue weighted by molar-refractivity contribution is 14.0. The molecule has 30 heavy (non-hydrogen) atoms. The summed E-state index contributed by atoms with van der Waals surface area (Å²) < 4.78 is 1.90. The fraction of sp³-hybridized carbons (Fsp3) is 0.300. The van der Waals surface area contributed by atoms with E-state index in [0.29, 0.717) is 19.0 Å². The Morgan fingerprint density at radius 2 is 1.87 bits per heavy atom. The number of aliphatic imine (C=N–C) groups is 1. The maximum Gasteiger partial charge on any atom is 0.241 e. The van der Waals surface area contributed by atoms with Gasteiger partial charge in [-0.3, -0.25) is 9.20 Å². The number of hydrogen-bond acceptors (Lipinski definition) is 5. The average molecular weight is 539 g/mol. The van der Waals surface area contributed by atoms with Crippen molar-refractivity contribution in [3.05, 3.63) is 60.6 Å². The van der Waals surface area contributed by atoms with Gasteiger partial charge in [-0.1, -0.05) is 24.3 Å². The monoisotopic (exact) mass is 539 g/mol. The van der Waals surface area contributed by atoms with Crippen LogP contribution in [0.1, 0.15) is 5.82 Å². The molecule has 160 valence electrons. The van der Waals surface area contributed by atoms with Crippen LogP contribution in [-0.2, 0) is 11.3 Å². The molecule has 2 heterocycles. The molecule has 1 aromatic carbocycles. The summed E-state index contributed by atoms with van der Waals surface area (Å²) in [5.74, 6) is 2.16. The molecule has 0 fully saturated rings. The largest absolute Gasteiger partial charge is 0.356 e. The summed E-state index contributed by atoms with van der Waals surface area (Å²) in [6, 6.07) is 16.0. The van der Waals surface area contributed by atoms with Crippen molar-refractivity contribution in [2.45, 2.75) is 11.4 Å². The maximum atomic E-state index is 11.9. The van der Waals surface area contributed by atoms with Gasteiger partial charge in [0.05, 0.1) is 6.54 Å². The van der Waals surface area contributed by atoms with Crippen LogP contribution < -0.4 is 10.6 Å². The van der Waals surface area contributed by atoms with Crippen molar-refractivity contribution < 1.29 is 4.79 Å². The van der Waals surface area contributed by atoms with Crippen LogP contribution >= 0.6 is 35.7 Å². The molecule has 0 bridgehead atoms. The molecule has 0 radical (unpaired) electrons. The fourth-order valence-corrected chi connectivity index (χ4v) is 3.28. The number of pyridine rings is 1. The minimum Gasteiger partial charge on any atom is -0.356 e. The number of likely N-dealkylation sites (N-methyl/N-ethyl adjacent to an activating group) is 1. The van der Waals surface area contributed by atoms with Crippen LogP contribution in [0.4, 0.5) is 0 Å². The van der Waals surface area contributed by atoms with Crippen LogP contribution in [0.2, 0.25) is 0 Å². The molecular formula is C20H26IN7OS. The molecule has 0 saturated heterocycles. The third kappa shape index (κ3) is 7.17. The molecule has 1 amide bonds. The van der Waals surface area contributed by atoms with E-state index >= 15 is 0 Å². The highest BCUT2D eigenvalue weighted by Gasteiger charge is 2.08. The number of nitrogens with one attached hydrogen (secondary N) is 2. The molecule has 0 unspecified atom stereocenters. The molecule has 0 atom stereocenters. The number of halogens is 1. The Bertz CT molecular complexity index is 962. The minimum atomic E-state index is -0.0221. The van der Waals surface area contributed by atoms with E-state index in [1.165, 1.54) is 4.90 Å². The number of carbonyl (C=O) groups excluding carboxylic acids is 1. The summed E-state index contributed by atoms with van der Waals surface area (Å²) >= 11 is 1.76. The lowest BCUT2D eigenvalue weighted by Crippen LogP contribution is -2.43. The molecule has 3 aromatic rings. The molecule has 0 aliphatic rings. The Kier molecular flexibility index (Phi) is 9.87. The van der Waals surface area contributed by atoms with E-state index in [-0.39, 0.29) is 36.4 Å². The van der Waals surface area contributed by atoms with Gasteiger partial charge in [-0.2, -0.15) is 0 Å². The zero-order valence-corrected chi connectivity index (χ0v) is 20.1. The van der Waals surface area contributed by atoms with Gasteiger partial charge in [-0.25, -0.2) is 4.99 Å². The quantitative estimate of drug-likeness (QED) is 0.150. The summed E-state index contributed by atoms with van der Waals surface area (Å²) in [6.07, 6.45) is 1.91. The van der Waals surface area contributed by atoms with Gasteiger partial charge in [0.1, 0.15) is 6.54 Å². The summed E-state index contributed by atoms with van der Waals surface area (Å²) in [7, 11) is 3.46. The first kappa shape index (κ1) is 23.9. The van der Waals surface area contributed by atoms with Gasteiger partial charge in [-0.05, 0) is 24.3 Å². The molecule has 0 spiro atoms. The van der Waals surface area contributed by atoms with Crippen LogP contribution in [0, 0.1) is 0 Å². The zero-order chi connectivity index (χ0) is 20.5. The van der Waals surface area contributed by atoms with Crippen molar-refractivity contribution in [3.8, 4) is 0 Å².